The zero-order chi connectivity index (χ0) is 11.7. The molecule has 0 aliphatic heterocycles. The summed E-state index contributed by atoms with van der Waals surface area (Å²) in [5.41, 5.74) is 13.2. The summed E-state index contributed by atoms with van der Waals surface area (Å²) >= 11 is 1.29. The minimum Gasteiger partial charge on any atom is -0.399 e. The van der Waals surface area contributed by atoms with Crippen LogP contribution in [0.2, 0.25) is 0 Å². The number of nitrogens with zero attached hydrogens (tertiary/aromatic N) is 1. The maximum Gasteiger partial charge on any atom is 0.260 e. The van der Waals surface area contributed by atoms with E-state index in [1.54, 1.807) is 13.0 Å². The normalized spacial score (nSPS) is 10.3. The van der Waals surface area contributed by atoms with Crippen LogP contribution in [-0.4, -0.2) is 10.9 Å². The topological polar surface area (TPSA) is 82.0 Å². The highest BCUT2D eigenvalue weighted by molar-refractivity contribution is 7.17. The summed E-state index contributed by atoms with van der Waals surface area (Å²) < 4.78 is 0. The fourth-order valence-corrected chi connectivity index (χ4v) is 2.33. The second-order valence-electron chi connectivity index (χ2n) is 3.42. The predicted octanol–water partition coefficient (Wildman–Crippen LogP) is 1.80. The molecule has 0 spiro atoms. The van der Waals surface area contributed by atoms with E-state index in [1.807, 2.05) is 18.2 Å². The van der Waals surface area contributed by atoms with E-state index in [4.69, 9.17) is 11.5 Å². The van der Waals surface area contributed by atoms with Crippen LogP contribution in [0.4, 0.5) is 5.69 Å². The van der Waals surface area contributed by atoms with Gasteiger partial charge in [-0.1, -0.05) is 12.1 Å². The molecular weight excluding hydrogens is 222 g/mol. The molecule has 0 atom stereocenters. The van der Waals surface area contributed by atoms with E-state index in [2.05, 4.69) is 4.98 Å². The Labute approximate surface area is 96.9 Å². The molecule has 1 heterocycles. The second-order valence-corrected chi connectivity index (χ2v) is 4.42. The smallest absolute Gasteiger partial charge is 0.260 e. The summed E-state index contributed by atoms with van der Waals surface area (Å²) in [6.07, 6.45) is 0. The Morgan fingerprint density at radius 2 is 2.19 bits per heavy atom. The lowest BCUT2D eigenvalue weighted by atomic mass is 10.2. The van der Waals surface area contributed by atoms with Crippen molar-refractivity contribution >= 4 is 22.9 Å². The molecule has 2 aromatic rings. The number of primary amides is 1. The number of amides is 1. The maximum absolute atomic E-state index is 11.1. The van der Waals surface area contributed by atoms with Gasteiger partial charge >= 0.3 is 0 Å². The molecular formula is C11H11N3OS. The number of hydrogen-bond acceptors (Lipinski definition) is 4. The highest BCUT2D eigenvalue weighted by Gasteiger charge is 2.13. The molecule has 1 aromatic heterocycles. The van der Waals surface area contributed by atoms with Crippen molar-refractivity contribution in [3.05, 3.63) is 34.8 Å². The first-order chi connectivity index (χ1) is 7.58. The van der Waals surface area contributed by atoms with E-state index in [-0.39, 0.29) is 0 Å². The molecule has 0 saturated carbocycles. The summed E-state index contributed by atoms with van der Waals surface area (Å²) in [7, 11) is 0. The fraction of sp³-hybridized carbons (Fsp3) is 0.0909. The van der Waals surface area contributed by atoms with Crippen LogP contribution in [-0.2, 0) is 0 Å². The minimum atomic E-state index is -0.440. The molecule has 0 fully saturated rings. The maximum atomic E-state index is 11.1. The lowest BCUT2D eigenvalue weighted by Gasteiger charge is -1.96. The number of hydrogen-bond donors (Lipinski definition) is 2. The van der Waals surface area contributed by atoms with Crippen molar-refractivity contribution in [1.29, 1.82) is 0 Å². The number of rotatable bonds is 2. The van der Waals surface area contributed by atoms with Crippen LogP contribution < -0.4 is 11.5 Å². The summed E-state index contributed by atoms with van der Waals surface area (Å²) in [5, 5.41) is 0.763. The molecule has 2 rings (SSSR count). The van der Waals surface area contributed by atoms with E-state index in [0.717, 1.165) is 10.6 Å². The predicted molar refractivity (Wildman–Crippen MR) is 65.2 cm³/mol. The second kappa shape index (κ2) is 3.94. The first-order valence-electron chi connectivity index (χ1n) is 4.71. The van der Waals surface area contributed by atoms with Crippen molar-refractivity contribution in [3.8, 4) is 10.6 Å². The third kappa shape index (κ3) is 1.90. The number of aromatic nitrogens is 1. The lowest BCUT2D eigenvalue weighted by molar-refractivity contribution is 0.100. The average molecular weight is 233 g/mol. The fourth-order valence-electron chi connectivity index (χ4n) is 1.42. The lowest BCUT2D eigenvalue weighted by Crippen LogP contribution is -2.09. The van der Waals surface area contributed by atoms with Crippen LogP contribution in [0.25, 0.3) is 10.6 Å². The van der Waals surface area contributed by atoms with E-state index in [9.17, 15) is 4.79 Å². The Balaban J connectivity index is 2.49. The number of aryl methyl sites for hydroxylation is 1. The van der Waals surface area contributed by atoms with Gasteiger partial charge in [-0.15, -0.1) is 11.3 Å². The SMILES string of the molecule is Cc1nc(-c2cccc(N)c2)sc1C(N)=O. The Hall–Kier alpha value is -1.88. The number of nitrogen functional groups attached to an aromatic ring is 1. The van der Waals surface area contributed by atoms with Gasteiger partial charge in [0.2, 0.25) is 0 Å². The number of anilines is 1. The molecule has 1 amide bonds. The zero-order valence-corrected chi connectivity index (χ0v) is 9.54. The van der Waals surface area contributed by atoms with E-state index in [0.29, 0.717) is 16.3 Å². The standard InChI is InChI=1S/C11H11N3OS/c1-6-9(10(13)15)16-11(14-6)7-3-2-4-8(12)5-7/h2-5H,12H2,1H3,(H2,13,15). The van der Waals surface area contributed by atoms with Crippen molar-refractivity contribution in [3.63, 3.8) is 0 Å². The molecule has 82 valence electrons. The highest BCUT2D eigenvalue weighted by atomic mass is 32.1. The van der Waals surface area contributed by atoms with Gasteiger partial charge in [0.05, 0.1) is 5.69 Å². The molecule has 5 heteroatoms. The number of benzene rings is 1. The van der Waals surface area contributed by atoms with Crippen molar-refractivity contribution in [2.75, 3.05) is 5.73 Å². The molecule has 0 aliphatic carbocycles. The quantitative estimate of drug-likeness (QED) is 0.776. The summed E-state index contributed by atoms with van der Waals surface area (Å²) in [4.78, 5) is 15.9. The number of carbonyl (C=O) groups is 1. The van der Waals surface area contributed by atoms with Gasteiger partial charge in [-0.3, -0.25) is 4.79 Å². The van der Waals surface area contributed by atoms with Crippen molar-refractivity contribution in [2.24, 2.45) is 5.73 Å². The first kappa shape index (κ1) is 10.6. The van der Waals surface area contributed by atoms with Crippen LogP contribution in [0.3, 0.4) is 0 Å². The Morgan fingerprint density at radius 3 is 2.75 bits per heavy atom. The molecule has 0 bridgehead atoms. The molecule has 4 nitrogen and oxygen atoms in total. The van der Waals surface area contributed by atoms with Crippen LogP contribution in [0.5, 0.6) is 0 Å². The van der Waals surface area contributed by atoms with Gasteiger partial charge in [0.1, 0.15) is 9.88 Å². The van der Waals surface area contributed by atoms with Crippen molar-refractivity contribution in [2.45, 2.75) is 6.92 Å². The van der Waals surface area contributed by atoms with E-state index in [1.165, 1.54) is 11.3 Å². The number of nitrogens with two attached hydrogens (primary N) is 2. The zero-order valence-electron chi connectivity index (χ0n) is 8.73. The summed E-state index contributed by atoms with van der Waals surface area (Å²) in [6, 6.07) is 7.38. The molecule has 1 aromatic carbocycles. The monoisotopic (exact) mass is 233 g/mol. The van der Waals surface area contributed by atoms with Gasteiger partial charge in [0.15, 0.2) is 0 Å². The van der Waals surface area contributed by atoms with Gasteiger partial charge in [0.25, 0.3) is 5.91 Å². The summed E-state index contributed by atoms with van der Waals surface area (Å²) in [6.45, 7) is 1.77. The van der Waals surface area contributed by atoms with Crippen LogP contribution in [0, 0.1) is 6.92 Å². The van der Waals surface area contributed by atoms with Gasteiger partial charge < -0.3 is 11.5 Å². The molecule has 0 saturated heterocycles. The van der Waals surface area contributed by atoms with Gasteiger partial charge in [-0.25, -0.2) is 4.98 Å². The van der Waals surface area contributed by atoms with Gasteiger partial charge in [-0.2, -0.15) is 0 Å². The van der Waals surface area contributed by atoms with Crippen molar-refractivity contribution in [1.82, 2.24) is 4.98 Å². The minimum absolute atomic E-state index is 0.440. The van der Waals surface area contributed by atoms with Gasteiger partial charge in [0, 0.05) is 11.3 Å². The van der Waals surface area contributed by atoms with Gasteiger partial charge in [-0.05, 0) is 19.1 Å². The number of carbonyl (C=O) groups excluding carboxylic acids is 1. The molecule has 4 N–H and O–H groups in total. The van der Waals surface area contributed by atoms with E-state index >= 15 is 0 Å². The average Bonchev–Trinajstić information content (AvgIpc) is 2.60. The van der Waals surface area contributed by atoms with Crippen molar-refractivity contribution < 1.29 is 4.79 Å². The highest BCUT2D eigenvalue weighted by Crippen LogP contribution is 2.28. The van der Waals surface area contributed by atoms with E-state index < -0.39 is 5.91 Å². The Morgan fingerprint density at radius 1 is 1.44 bits per heavy atom. The molecule has 0 unspecified atom stereocenters. The first-order valence-corrected chi connectivity index (χ1v) is 5.52. The molecule has 0 aliphatic rings. The summed E-state index contributed by atoms with van der Waals surface area (Å²) in [5.74, 6) is -0.440. The Kier molecular flexibility index (Phi) is 2.62. The number of thiazole rings is 1. The molecule has 16 heavy (non-hydrogen) atoms. The van der Waals surface area contributed by atoms with Crippen LogP contribution >= 0.6 is 11.3 Å². The van der Waals surface area contributed by atoms with Crippen LogP contribution in [0.1, 0.15) is 15.4 Å². The largest absolute Gasteiger partial charge is 0.399 e. The van der Waals surface area contributed by atoms with Crippen LogP contribution in [0.15, 0.2) is 24.3 Å². The third-order valence-corrected chi connectivity index (χ3v) is 3.38. The Bertz CT molecular complexity index is 548. The molecule has 0 radical (unpaired) electrons. The third-order valence-electron chi connectivity index (χ3n) is 2.15.